The van der Waals surface area contributed by atoms with Crippen LogP contribution in [0.25, 0.3) is 23.1 Å². The van der Waals surface area contributed by atoms with E-state index in [-0.39, 0.29) is 0 Å². The van der Waals surface area contributed by atoms with Gasteiger partial charge in [-0.05, 0) is 46.3 Å². The van der Waals surface area contributed by atoms with Crippen molar-refractivity contribution in [3.8, 4) is 5.75 Å². The van der Waals surface area contributed by atoms with Crippen LogP contribution in [0.4, 0.5) is 0 Å². The van der Waals surface area contributed by atoms with E-state index in [1.807, 2.05) is 66.7 Å². The second-order valence-electron chi connectivity index (χ2n) is 5.47. The summed E-state index contributed by atoms with van der Waals surface area (Å²) < 4.78 is 5.82. The lowest BCUT2D eigenvalue weighted by atomic mass is 10.2. The van der Waals surface area contributed by atoms with Crippen molar-refractivity contribution < 1.29 is 4.74 Å². The Morgan fingerprint density at radius 3 is 2.64 bits per heavy atom. The Morgan fingerprint density at radius 2 is 1.80 bits per heavy atom. The third kappa shape index (κ3) is 3.69. The predicted octanol–water partition coefficient (Wildman–Crippen LogP) is 3.50. The van der Waals surface area contributed by atoms with E-state index in [9.17, 15) is 0 Å². The second-order valence-corrected chi connectivity index (χ2v) is 5.47. The molecule has 2 heterocycles. The Morgan fingerprint density at radius 1 is 0.920 bits per heavy atom. The number of aromatic amines is 1. The number of pyridine rings is 1. The van der Waals surface area contributed by atoms with Gasteiger partial charge in [-0.15, -0.1) is 5.10 Å². The molecule has 0 aliphatic carbocycles. The molecule has 0 saturated carbocycles. The molecule has 2 aromatic heterocycles. The first kappa shape index (κ1) is 15.0. The Kier molecular flexibility index (Phi) is 4.16. The molecule has 0 saturated heterocycles. The lowest BCUT2D eigenvalue weighted by Gasteiger charge is -2.07. The van der Waals surface area contributed by atoms with Gasteiger partial charge >= 0.3 is 0 Å². The van der Waals surface area contributed by atoms with Crippen molar-refractivity contribution in [2.75, 3.05) is 0 Å². The summed E-state index contributed by atoms with van der Waals surface area (Å²) >= 11 is 0. The third-order valence-corrected chi connectivity index (χ3v) is 3.72. The molecule has 0 unspecified atom stereocenters. The SMILES string of the molecule is C(=Cc1nnn[nH]1)c1ccc(OCc2ccc3ccccc3n2)cc1. The average Bonchev–Trinajstić information content (AvgIpc) is 3.19. The van der Waals surface area contributed by atoms with E-state index < -0.39 is 0 Å². The van der Waals surface area contributed by atoms with Crippen molar-refractivity contribution in [1.82, 2.24) is 25.6 Å². The molecule has 4 rings (SSSR count). The molecule has 0 atom stereocenters. The number of nitrogens with zero attached hydrogens (tertiary/aromatic N) is 4. The molecule has 0 amide bonds. The number of tetrazole rings is 1. The first-order valence-electron chi connectivity index (χ1n) is 7.86. The molecule has 6 nitrogen and oxygen atoms in total. The minimum atomic E-state index is 0.434. The van der Waals surface area contributed by atoms with Crippen LogP contribution in [-0.4, -0.2) is 25.6 Å². The molecule has 0 aliphatic heterocycles. The number of hydrogen-bond acceptors (Lipinski definition) is 5. The van der Waals surface area contributed by atoms with E-state index in [0.717, 1.165) is 27.9 Å². The van der Waals surface area contributed by atoms with Gasteiger partial charge in [-0.3, -0.25) is 0 Å². The maximum absolute atomic E-state index is 5.82. The van der Waals surface area contributed by atoms with Crippen LogP contribution in [0.15, 0.2) is 60.7 Å². The van der Waals surface area contributed by atoms with E-state index in [4.69, 9.17) is 4.74 Å². The van der Waals surface area contributed by atoms with Crippen LogP contribution in [0.5, 0.6) is 5.75 Å². The maximum atomic E-state index is 5.82. The van der Waals surface area contributed by atoms with Gasteiger partial charge in [-0.25, -0.2) is 10.1 Å². The summed E-state index contributed by atoms with van der Waals surface area (Å²) in [6.07, 6.45) is 3.74. The first-order valence-corrected chi connectivity index (χ1v) is 7.86. The van der Waals surface area contributed by atoms with Crippen LogP contribution in [0.2, 0.25) is 0 Å². The van der Waals surface area contributed by atoms with Crippen molar-refractivity contribution in [1.29, 1.82) is 0 Å². The van der Waals surface area contributed by atoms with Crippen LogP contribution in [0.3, 0.4) is 0 Å². The van der Waals surface area contributed by atoms with E-state index in [0.29, 0.717) is 12.4 Å². The highest BCUT2D eigenvalue weighted by molar-refractivity contribution is 5.78. The van der Waals surface area contributed by atoms with Gasteiger partial charge in [0.25, 0.3) is 0 Å². The molecule has 2 aromatic carbocycles. The fourth-order valence-corrected chi connectivity index (χ4v) is 2.43. The Hall–Kier alpha value is -3.54. The van der Waals surface area contributed by atoms with Gasteiger partial charge in [-0.1, -0.05) is 42.5 Å². The van der Waals surface area contributed by atoms with Gasteiger partial charge in [-0.2, -0.15) is 0 Å². The number of ether oxygens (including phenoxy) is 1. The Bertz CT molecular complexity index is 994. The minimum absolute atomic E-state index is 0.434. The minimum Gasteiger partial charge on any atom is -0.487 e. The number of fused-ring (bicyclic) bond motifs is 1. The zero-order chi connectivity index (χ0) is 16.9. The van der Waals surface area contributed by atoms with Gasteiger partial charge in [0, 0.05) is 5.39 Å². The molecule has 0 spiro atoms. The number of rotatable bonds is 5. The highest BCUT2D eigenvalue weighted by atomic mass is 16.5. The average molecular weight is 329 g/mol. The largest absolute Gasteiger partial charge is 0.487 e. The number of para-hydroxylation sites is 1. The molecular formula is C19H15N5O. The van der Waals surface area contributed by atoms with Crippen LogP contribution in [-0.2, 0) is 6.61 Å². The molecule has 6 heteroatoms. The Labute approximate surface area is 144 Å². The second kappa shape index (κ2) is 6.92. The summed E-state index contributed by atoms with van der Waals surface area (Å²) in [4.78, 5) is 4.61. The summed E-state index contributed by atoms with van der Waals surface area (Å²) in [5.74, 6) is 1.41. The van der Waals surface area contributed by atoms with Crippen LogP contribution >= 0.6 is 0 Å². The molecule has 1 N–H and O–H groups in total. The number of H-pyrrole nitrogens is 1. The highest BCUT2D eigenvalue weighted by Gasteiger charge is 2.00. The highest BCUT2D eigenvalue weighted by Crippen LogP contribution is 2.17. The van der Waals surface area contributed by atoms with Gasteiger partial charge in [0.1, 0.15) is 12.4 Å². The molecule has 25 heavy (non-hydrogen) atoms. The van der Waals surface area contributed by atoms with E-state index >= 15 is 0 Å². The summed E-state index contributed by atoms with van der Waals surface area (Å²) in [7, 11) is 0. The topological polar surface area (TPSA) is 76.6 Å². The quantitative estimate of drug-likeness (QED) is 0.606. The summed E-state index contributed by atoms with van der Waals surface area (Å²) in [5.41, 5.74) is 2.92. The molecule has 0 fully saturated rings. The summed E-state index contributed by atoms with van der Waals surface area (Å²) in [5, 5.41) is 14.7. The van der Waals surface area contributed by atoms with Gasteiger partial charge in [0.05, 0.1) is 11.2 Å². The van der Waals surface area contributed by atoms with Gasteiger partial charge in [0.15, 0.2) is 5.82 Å². The number of benzene rings is 2. The molecule has 0 aliphatic rings. The van der Waals surface area contributed by atoms with E-state index in [1.165, 1.54) is 0 Å². The van der Waals surface area contributed by atoms with E-state index in [2.05, 4.69) is 31.7 Å². The van der Waals surface area contributed by atoms with Crippen LogP contribution in [0.1, 0.15) is 17.1 Å². The monoisotopic (exact) mass is 329 g/mol. The smallest absolute Gasteiger partial charge is 0.172 e. The third-order valence-electron chi connectivity index (χ3n) is 3.72. The summed E-state index contributed by atoms with van der Waals surface area (Å²) in [6, 6.07) is 19.9. The molecule has 122 valence electrons. The number of aromatic nitrogens is 5. The maximum Gasteiger partial charge on any atom is 0.172 e. The standard InChI is InChI=1S/C19H15N5O/c1-2-4-18-15(3-1)8-9-16(20-18)13-25-17-10-5-14(6-11-17)7-12-19-21-23-24-22-19/h1-12H,13H2,(H,21,22,23,24). The van der Waals surface area contributed by atoms with Crippen molar-refractivity contribution in [2.24, 2.45) is 0 Å². The van der Waals surface area contributed by atoms with Gasteiger partial charge < -0.3 is 4.74 Å². The lowest BCUT2D eigenvalue weighted by Crippen LogP contribution is -1.98. The summed E-state index contributed by atoms with van der Waals surface area (Å²) in [6.45, 7) is 0.434. The normalized spacial score (nSPS) is 11.2. The molecular weight excluding hydrogens is 314 g/mol. The molecule has 4 aromatic rings. The number of hydrogen-bond donors (Lipinski definition) is 1. The lowest BCUT2D eigenvalue weighted by molar-refractivity contribution is 0.302. The van der Waals surface area contributed by atoms with Crippen molar-refractivity contribution in [3.05, 3.63) is 77.7 Å². The number of nitrogens with one attached hydrogen (secondary N) is 1. The van der Waals surface area contributed by atoms with Crippen molar-refractivity contribution in [2.45, 2.75) is 6.61 Å². The fraction of sp³-hybridized carbons (Fsp3) is 0.0526. The molecule has 0 bridgehead atoms. The van der Waals surface area contributed by atoms with Crippen molar-refractivity contribution in [3.63, 3.8) is 0 Å². The fourth-order valence-electron chi connectivity index (χ4n) is 2.43. The van der Waals surface area contributed by atoms with E-state index in [1.54, 1.807) is 0 Å². The van der Waals surface area contributed by atoms with Crippen LogP contribution < -0.4 is 4.74 Å². The zero-order valence-electron chi connectivity index (χ0n) is 13.3. The van der Waals surface area contributed by atoms with Gasteiger partial charge in [0.2, 0.25) is 0 Å². The Balaban J connectivity index is 1.40. The van der Waals surface area contributed by atoms with Crippen molar-refractivity contribution >= 4 is 23.1 Å². The van der Waals surface area contributed by atoms with Crippen LogP contribution in [0, 0.1) is 0 Å². The predicted molar refractivity (Wildman–Crippen MR) is 95.6 cm³/mol. The first-order chi connectivity index (χ1) is 12.4. The molecule has 0 radical (unpaired) electrons. The zero-order valence-corrected chi connectivity index (χ0v) is 13.3.